The third-order valence-electron chi connectivity index (χ3n) is 2.78. The molecule has 0 aliphatic rings. The van der Waals surface area contributed by atoms with Gasteiger partial charge >= 0.3 is 0 Å². The quantitative estimate of drug-likeness (QED) is 0.682. The predicted octanol–water partition coefficient (Wildman–Crippen LogP) is 3.24. The molecule has 0 aliphatic heterocycles. The fraction of sp³-hybridized carbons (Fsp3) is 0.0667. The fourth-order valence-corrected chi connectivity index (χ4v) is 1.96. The van der Waals surface area contributed by atoms with E-state index in [2.05, 4.69) is 28.3 Å². The maximum Gasteiger partial charge on any atom is 0.0726 e. The molecule has 0 N–H and O–H groups in total. The molecule has 3 heteroatoms. The molecule has 0 saturated heterocycles. The number of benzene rings is 1. The summed E-state index contributed by atoms with van der Waals surface area (Å²) in [7, 11) is 0. The highest BCUT2D eigenvalue weighted by molar-refractivity contribution is 5.61. The highest BCUT2D eigenvalue weighted by Gasteiger charge is 2.04. The van der Waals surface area contributed by atoms with Crippen LogP contribution in [0.15, 0.2) is 60.9 Å². The minimum Gasteiger partial charge on any atom is -0.253 e. The molecule has 3 rings (SSSR count). The number of nitrogens with zero attached hydrogens (tertiary/aromatic N) is 3. The van der Waals surface area contributed by atoms with Crippen LogP contribution < -0.4 is 0 Å². The summed E-state index contributed by atoms with van der Waals surface area (Å²) in [4.78, 5) is 4.57. The Balaban J connectivity index is 2.12. The van der Waals surface area contributed by atoms with Crippen molar-refractivity contribution in [3.8, 4) is 16.9 Å². The zero-order valence-corrected chi connectivity index (χ0v) is 10.1. The van der Waals surface area contributed by atoms with Crippen LogP contribution in [0.25, 0.3) is 16.9 Å². The highest BCUT2D eigenvalue weighted by Crippen LogP contribution is 2.20. The standard InChI is InChI=1S/C15H13N3/c1-12-10-14(18-9-5-8-16-18)11-15(17-12)13-6-3-2-4-7-13/h2-11H,1H3. The lowest BCUT2D eigenvalue weighted by Crippen LogP contribution is -1.97. The Morgan fingerprint density at radius 1 is 1.00 bits per heavy atom. The molecule has 0 spiro atoms. The Morgan fingerprint density at radius 3 is 2.56 bits per heavy atom. The minimum atomic E-state index is 0.973. The van der Waals surface area contributed by atoms with E-state index in [0.29, 0.717) is 0 Å². The van der Waals surface area contributed by atoms with E-state index >= 15 is 0 Å². The molecule has 0 fully saturated rings. The molecule has 18 heavy (non-hydrogen) atoms. The molecule has 0 atom stereocenters. The summed E-state index contributed by atoms with van der Waals surface area (Å²) in [5.41, 5.74) is 4.11. The maximum absolute atomic E-state index is 4.57. The number of pyridine rings is 1. The molecule has 0 unspecified atom stereocenters. The summed E-state index contributed by atoms with van der Waals surface area (Å²) in [5, 5.41) is 4.25. The topological polar surface area (TPSA) is 30.7 Å². The van der Waals surface area contributed by atoms with E-state index in [-0.39, 0.29) is 0 Å². The van der Waals surface area contributed by atoms with Crippen molar-refractivity contribution in [2.75, 3.05) is 0 Å². The van der Waals surface area contributed by atoms with Crippen molar-refractivity contribution in [1.29, 1.82) is 0 Å². The second-order valence-corrected chi connectivity index (χ2v) is 4.17. The van der Waals surface area contributed by atoms with Crippen LogP contribution in [0.4, 0.5) is 0 Å². The molecule has 88 valence electrons. The van der Waals surface area contributed by atoms with Gasteiger partial charge in [0.05, 0.1) is 11.4 Å². The Hall–Kier alpha value is -2.42. The molecular weight excluding hydrogens is 222 g/mol. The van der Waals surface area contributed by atoms with Gasteiger partial charge in [0.2, 0.25) is 0 Å². The van der Waals surface area contributed by atoms with Crippen LogP contribution in [0.2, 0.25) is 0 Å². The van der Waals surface area contributed by atoms with Gasteiger partial charge < -0.3 is 0 Å². The number of hydrogen-bond acceptors (Lipinski definition) is 2. The van der Waals surface area contributed by atoms with Crippen molar-refractivity contribution < 1.29 is 0 Å². The van der Waals surface area contributed by atoms with Gasteiger partial charge in [-0.2, -0.15) is 5.10 Å². The second-order valence-electron chi connectivity index (χ2n) is 4.17. The van der Waals surface area contributed by atoms with E-state index in [0.717, 1.165) is 22.6 Å². The van der Waals surface area contributed by atoms with Crippen molar-refractivity contribution >= 4 is 0 Å². The van der Waals surface area contributed by atoms with Crippen molar-refractivity contribution in [1.82, 2.24) is 14.8 Å². The largest absolute Gasteiger partial charge is 0.253 e. The number of aromatic nitrogens is 3. The van der Waals surface area contributed by atoms with E-state index in [4.69, 9.17) is 0 Å². The first-order valence-electron chi connectivity index (χ1n) is 5.87. The molecule has 1 aromatic carbocycles. The van der Waals surface area contributed by atoms with E-state index in [1.54, 1.807) is 6.20 Å². The van der Waals surface area contributed by atoms with E-state index in [1.165, 1.54) is 0 Å². The van der Waals surface area contributed by atoms with Gasteiger partial charge in [-0.25, -0.2) is 4.68 Å². The molecule has 0 saturated carbocycles. The zero-order chi connectivity index (χ0) is 12.4. The normalized spacial score (nSPS) is 10.5. The smallest absolute Gasteiger partial charge is 0.0726 e. The molecule has 2 aromatic heterocycles. The van der Waals surface area contributed by atoms with Gasteiger partial charge in [-0.05, 0) is 25.1 Å². The van der Waals surface area contributed by atoms with Crippen LogP contribution in [0.5, 0.6) is 0 Å². The van der Waals surface area contributed by atoms with Crippen molar-refractivity contribution in [3.63, 3.8) is 0 Å². The summed E-state index contributed by atoms with van der Waals surface area (Å²) in [5.74, 6) is 0. The van der Waals surface area contributed by atoms with Gasteiger partial charge in [0.25, 0.3) is 0 Å². The number of hydrogen-bond donors (Lipinski definition) is 0. The lowest BCUT2D eigenvalue weighted by molar-refractivity contribution is 0.875. The lowest BCUT2D eigenvalue weighted by Gasteiger charge is -2.07. The number of rotatable bonds is 2. The first-order chi connectivity index (χ1) is 8.83. The molecular formula is C15H13N3. The first-order valence-corrected chi connectivity index (χ1v) is 5.87. The Kier molecular flexibility index (Phi) is 2.65. The summed E-state index contributed by atoms with van der Waals surface area (Å²) in [6.07, 6.45) is 3.71. The molecule has 0 aliphatic carbocycles. The monoisotopic (exact) mass is 235 g/mol. The third-order valence-corrected chi connectivity index (χ3v) is 2.78. The van der Waals surface area contributed by atoms with Crippen molar-refractivity contribution in [2.24, 2.45) is 0 Å². The van der Waals surface area contributed by atoms with E-state index in [9.17, 15) is 0 Å². The molecule has 2 heterocycles. The Labute approximate surface area is 106 Å². The van der Waals surface area contributed by atoms with Gasteiger partial charge in [-0.3, -0.25) is 4.98 Å². The molecule has 3 nitrogen and oxygen atoms in total. The summed E-state index contributed by atoms with van der Waals surface area (Å²) >= 11 is 0. The van der Waals surface area contributed by atoms with Gasteiger partial charge in [-0.15, -0.1) is 0 Å². The zero-order valence-electron chi connectivity index (χ0n) is 10.1. The van der Waals surface area contributed by atoms with Crippen molar-refractivity contribution in [2.45, 2.75) is 6.92 Å². The van der Waals surface area contributed by atoms with Gasteiger partial charge in [-0.1, -0.05) is 30.3 Å². The highest BCUT2D eigenvalue weighted by atomic mass is 15.3. The summed E-state index contributed by atoms with van der Waals surface area (Å²) < 4.78 is 1.85. The fourth-order valence-electron chi connectivity index (χ4n) is 1.96. The minimum absolute atomic E-state index is 0.973. The summed E-state index contributed by atoms with van der Waals surface area (Å²) in [6.45, 7) is 2.00. The lowest BCUT2D eigenvalue weighted by atomic mass is 10.1. The first kappa shape index (κ1) is 10.7. The van der Waals surface area contributed by atoms with Crippen LogP contribution in [0.3, 0.4) is 0 Å². The van der Waals surface area contributed by atoms with Crippen molar-refractivity contribution in [3.05, 3.63) is 66.6 Å². The molecule has 3 aromatic rings. The Bertz CT molecular complexity index is 643. The van der Waals surface area contributed by atoms with Crippen LogP contribution >= 0.6 is 0 Å². The molecule has 0 bridgehead atoms. The van der Waals surface area contributed by atoms with E-state index in [1.807, 2.05) is 48.1 Å². The van der Waals surface area contributed by atoms with Gasteiger partial charge in [0.1, 0.15) is 0 Å². The Morgan fingerprint density at radius 2 is 1.83 bits per heavy atom. The second kappa shape index (κ2) is 4.45. The van der Waals surface area contributed by atoms with Gasteiger partial charge in [0, 0.05) is 23.7 Å². The average molecular weight is 235 g/mol. The van der Waals surface area contributed by atoms with Crippen LogP contribution in [0.1, 0.15) is 5.69 Å². The SMILES string of the molecule is Cc1cc(-n2cccn2)cc(-c2ccccc2)n1. The van der Waals surface area contributed by atoms with E-state index < -0.39 is 0 Å². The number of aryl methyl sites for hydroxylation is 1. The summed E-state index contributed by atoms with van der Waals surface area (Å²) in [6, 6.07) is 16.2. The molecule has 0 radical (unpaired) electrons. The molecule has 0 amide bonds. The predicted molar refractivity (Wildman–Crippen MR) is 71.5 cm³/mol. The van der Waals surface area contributed by atoms with Crippen LogP contribution in [0, 0.1) is 6.92 Å². The average Bonchev–Trinajstić information content (AvgIpc) is 2.93. The maximum atomic E-state index is 4.57. The third kappa shape index (κ3) is 2.02. The van der Waals surface area contributed by atoms with Crippen LogP contribution in [-0.4, -0.2) is 14.8 Å². The van der Waals surface area contributed by atoms with Gasteiger partial charge in [0.15, 0.2) is 0 Å². The van der Waals surface area contributed by atoms with Crippen LogP contribution in [-0.2, 0) is 0 Å².